The zero-order valence-corrected chi connectivity index (χ0v) is 10.7. The average molecular weight is 272 g/mol. The molecule has 0 saturated carbocycles. The molecule has 102 valence electrons. The average Bonchev–Trinajstić information content (AvgIpc) is 2.48. The normalized spacial score (nSPS) is 9.85. The fourth-order valence-corrected chi connectivity index (χ4v) is 1.71. The highest BCUT2D eigenvalue weighted by molar-refractivity contribution is 6.04. The molecular formula is C14H12N2O4. The smallest absolute Gasteiger partial charge is 0.319 e. The van der Waals surface area contributed by atoms with Crippen molar-refractivity contribution in [3.63, 3.8) is 0 Å². The summed E-state index contributed by atoms with van der Waals surface area (Å²) in [5, 5.41) is 10.9. The number of nitro groups is 1. The second-order valence-corrected chi connectivity index (χ2v) is 3.92. The molecule has 0 aromatic heterocycles. The first-order chi connectivity index (χ1) is 9.63. The van der Waals surface area contributed by atoms with Crippen LogP contribution in [0.25, 0.3) is 0 Å². The van der Waals surface area contributed by atoms with Gasteiger partial charge in [-0.15, -0.1) is 0 Å². The van der Waals surface area contributed by atoms with E-state index in [0.717, 1.165) is 0 Å². The zero-order chi connectivity index (χ0) is 14.5. The zero-order valence-electron chi connectivity index (χ0n) is 10.7. The van der Waals surface area contributed by atoms with Crippen LogP contribution in [0.4, 0.5) is 5.69 Å². The number of carbonyl (C=O) groups excluding carboxylic acids is 1. The highest BCUT2D eigenvalue weighted by Gasteiger charge is 2.27. The Balaban J connectivity index is 2.34. The molecule has 0 N–H and O–H groups in total. The monoisotopic (exact) mass is 272 g/mol. The predicted octanol–water partition coefficient (Wildman–Crippen LogP) is 2.53. The molecule has 0 aliphatic carbocycles. The first-order valence-corrected chi connectivity index (χ1v) is 5.81. The molecular weight excluding hydrogens is 260 g/mol. The van der Waals surface area contributed by atoms with Gasteiger partial charge < -0.3 is 4.74 Å². The van der Waals surface area contributed by atoms with Crippen molar-refractivity contribution in [1.82, 2.24) is 0 Å². The van der Waals surface area contributed by atoms with Crippen LogP contribution in [0.2, 0.25) is 0 Å². The van der Waals surface area contributed by atoms with Gasteiger partial charge in [0.25, 0.3) is 0 Å². The number of rotatable bonds is 4. The van der Waals surface area contributed by atoms with Gasteiger partial charge in [-0.3, -0.25) is 4.79 Å². The van der Waals surface area contributed by atoms with Gasteiger partial charge in [-0.1, -0.05) is 18.2 Å². The lowest BCUT2D eigenvalue weighted by molar-refractivity contribution is -0.481. The summed E-state index contributed by atoms with van der Waals surface area (Å²) in [6.45, 7) is 0. The van der Waals surface area contributed by atoms with Crippen LogP contribution in [0.1, 0.15) is 10.4 Å². The van der Waals surface area contributed by atoms with Gasteiger partial charge in [0.1, 0.15) is 11.4 Å². The van der Waals surface area contributed by atoms with E-state index in [-0.39, 0.29) is 11.3 Å². The molecule has 0 heterocycles. The number of carbonyl (C=O) groups is 1. The maximum absolute atomic E-state index is 12.2. The molecule has 2 rings (SSSR count). The Hall–Kier alpha value is -2.89. The van der Waals surface area contributed by atoms with E-state index in [1.54, 1.807) is 30.3 Å². The number of amides is 1. The summed E-state index contributed by atoms with van der Waals surface area (Å²) in [4.78, 5) is 23.4. The molecule has 20 heavy (non-hydrogen) atoms. The van der Waals surface area contributed by atoms with Crippen molar-refractivity contribution >= 4 is 11.6 Å². The van der Waals surface area contributed by atoms with E-state index in [1.165, 1.54) is 31.4 Å². The predicted molar refractivity (Wildman–Crippen MR) is 73.2 cm³/mol. The van der Waals surface area contributed by atoms with Gasteiger partial charge in [-0.05, 0) is 41.4 Å². The van der Waals surface area contributed by atoms with E-state index in [1.807, 2.05) is 0 Å². The van der Waals surface area contributed by atoms with Gasteiger partial charge in [0, 0.05) is 5.56 Å². The number of methoxy groups -OCH3 is 1. The van der Waals surface area contributed by atoms with E-state index < -0.39 is 10.9 Å². The number of anilines is 1. The van der Waals surface area contributed by atoms with Crippen LogP contribution >= 0.6 is 0 Å². The fourth-order valence-electron chi connectivity index (χ4n) is 1.71. The minimum absolute atomic E-state index is 0.207. The lowest BCUT2D eigenvalue weighted by Crippen LogP contribution is -2.36. The minimum atomic E-state index is -0.734. The summed E-state index contributed by atoms with van der Waals surface area (Å²) < 4.78 is 4.98. The lowest BCUT2D eigenvalue weighted by atomic mass is 10.2. The largest absolute Gasteiger partial charge is 0.497 e. The molecule has 0 aliphatic rings. The second kappa shape index (κ2) is 5.83. The van der Waals surface area contributed by atoms with Gasteiger partial charge >= 0.3 is 5.91 Å². The van der Waals surface area contributed by atoms with E-state index in [2.05, 4.69) is 0 Å². The molecule has 2 aromatic rings. The van der Waals surface area contributed by atoms with Gasteiger partial charge in [0.05, 0.1) is 7.11 Å². The molecule has 0 saturated heterocycles. The van der Waals surface area contributed by atoms with Crippen LogP contribution in [-0.2, 0) is 0 Å². The minimum Gasteiger partial charge on any atom is -0.497 e. The number of hydrogen-bond donors (Lipinski definition) is 0. The summed E-state index contributed by atoms with van der Waals surface area (Å²) in [6, 6.07) is 14.1. The van der Waals surface area contributed by atoms with Gasteiger partial charge in [-0.2, -0.15) is 0 Å². The Kier molecular flexibility index (Phi) is 3.95. The lowest BCUT2D eigenvalue weighted by Gasteiger charge is -2.12. The number of benzene rings is 2. The Morgan fingerprint density at radius 3 is 2.20 bits per heavy atom. The number of ether oxygens (including phenoxy) is 1. The van der Waals surface area contributed by atoms with Crippen molar-refractivity contribution in [2.24, 2.45) is 0 Å². The highest BCUT2D eigenvalue weighted by Crippen LogP contribution is 2.18. The van der Waals surface area contributed by atoms with Crippen LogP contribution in [0.3, 0.4) is 0 Å². The van der Waals surface area contributed by atoms with Crippen LogP contribution in [-0.4, -0.2) is 18.0 Å². The van der Waals surface area contributed by atoms with Crippen molar-refractivity contribution in [2.45, 2.75) is 0 Å². The molecule has 0 atom stereocenters. The molecule has 1 amide bonds. The molecule has 0 fully saturated rings. The first-order valence-electron chi connectivity index (χ1n) is 5.81. The summed E-state index contributed by atoms with van der Waals surface area (Å²) >= 11 is 0. The third-order valence-electron chi connectivity index (χ3n) is 2.69. The van der Waals surface area contributed by atoms with Gasteiger partial charge in [0.15, 0.2) is 5.03 Å². The fraction of sp³-hybridized carbons (Fsp3) is 0.0714. The highest BCUT2D eigenvalue weighted by atomic mass is 16.7. The van der Waals surface area contributed by atoms with Crippen LogP contribution in [0, 0.1) is 10.1 Å². The Labute approximate surface area is 115 Å². The Bertz CT molecular complexity index is 611. The summed E-state index contributed by atoms with van der Waals surface area (Å²) in [7, 11) is 1.50. The van der Waals surface area contributed by atoms with E-state index in [0.29, 0.717) is 10.8 Å². The van der Waals surface area contributed by atoms with Crippen molar-refractivity contribution in [3.05, 3.63) is 70.3 Å². The topological polar surface area (TPSA) is 72.7 Å². The molecule has 2 aromatic carbocycles. The maximum Gasteiger partial charge on any atom is 0.319 e. The quantitative estimate of drug-likeness (QED) is 0.633. The van der Waals surface area contributed by atoms with Crippen LogP contribution in [0.5, 0.6) is 5.75 Å². The van der Waals surface area contributed by atoms with E-state index >= 15 is 0 Å². The summed E-state index contributed by atoms with van der Waals surface area (Å²) in [6.07, 6.45) is 0. The molecule has 0 radical (unpaired) electrons. The Morgan fingerprint density at radius 1 is 1.10 bits per heavy atom. The SMILES string of the molecule is COc1ccc(C(=O)N(c2ccccc2)[N+](=O)[O-])cc1. The van der Waals surface area contributed by atoms with Crippen LogP contribution < -0.4 is 9.75 Å². The molecule has 6 heteroatoms. The van der Waals surface area contributed by atoms with Crippen molar-refractivity contribution in [3.8, 4) is 5.75 Å². The standard InChI is InChI=1S/C14H12N2O4/c1-20-13-9-7-11(8-10-13)14(17)15(16(18)19)12-5-3-2-4-6-12/h2-10H,1H3. The van der Waals surface area contributed by atoms with E-state index in [9.17, 15) is 14.9 Å². The summed E-state index contributed by atoms with van der Waals surface area (Å²) in [5.74, 6) is -0.127. The number of hydrogen-bond acceptors (Lipinski definition) is 4. The molecule has 0 spiro atoms. The number of nitrogens with zero attached hydrogens (tertiary/aromatic N) is 2. The van der Waals surface area contributed by atoms with E-state index in [4.69, 9.17) is 4.74 Å². The third-order valence-corrected chi connectivity index (χ3v) is 2.69. The molecule has 0 bridgehead atoms. The van der Waals surface area contributed by atoms with Gasteiger partial charge in [-0.25, -0.2) is 10.1 Å². The third kappa shape index (κ3) is 2.74. The number of hydrazine groups is 1. The molecule has 0 unspecified atom stereocenters. The van der Waals surface area contributed by atoms with Gasteiger partial charge in [0.2, 0.25) is 0 Å². The number of para-hydroxylation sites is 1. The first kappa shape index (κ1) is 13.5. The van der Waals surface area contributed by atoms with Crippen molar-refractivity contribution in [2.75, 3.05) is 12.1 Å². The molecule has 6 nitrogen and oxygen atoms in total. The maximum atomic E-state index is 12.2. The molecule has 0 aliphatic heterocycles. The van der Waals surface area contributed by atoms with Crippen LogP contribution in [0.15, 0.2) is 54.6 Å². The second-order valence-electron chi connectivity index (χ2n) is 3.92. The van der Waals surface area contributed by atoms with Crippen molar-refractivity contribution < 1.29 is 14.6 Å². The van der Waals surface area contributed by atoms with Crippen molar-refractivity contribution in [1.29, 1.82) is 0 Å². The summed E-state index contributed by atoms with van der Waals surface area (Å²) in [5.41, 5.74) is 0.421. The Morgan fingerprint density at radius 2 is 1.70 bits per heavy atom.